The Hall–Kier alpha value is -4.85. The summed E-state index contributed by atoms with van der Waals surface area (Å²) in [5.41, 5.74) is 3.11. The van der Waals surface area contributed by atoms with Crippen LogP contribution in [0.5, 0.6) is 17.2 Å². The summed E-state index contributed by atoms with van der Waals surface area (Å²) < 4.78 is 27.0. The van der Waals surface area contributed by atoms with Crippen LogP contribution in [0, 0.1) is 0 Å². The molecular formula is C35H38O8. The van der Waals surface area contributed by atoms with Crippen molar-refractivity contribution in [2.45, 2.75) is 39.5 Å². The second-order valence-corrected chi connectivity index (χ2v) is 9.91. The zero-order valence-electron chi connectivity index (χ0n) is 24.8. The second-order valence-electron chi connectivity index (χ2n) is 9.91. The third-order valence-electron chi connectivity index (χ3n) is 6.17. The van der Waals surface area contributed by atoms with Gasteiger partial charge >= 0.3 is 17.9 Å². The van der Waals surface area contributed by atoms with Crippen LogP contribution in [0.3, 0.4) is 0 Å². The Balaban J connectivity index is 1.36. The highest BCUT2D eigenvalue weighted by molar-refractivity contribution is 5.91. The number of unbranched alkanes of at least 4 members (excludes halogenated alkanes) is 3. The molecule has 0 unspecified atom stereocenters. The maximum atomic E-state index is 12.6. The summed E-state index contributed by atoms with van der Waals surface area (Å²) in [7, 11) is 0. The predicted octanol–water partition coefficient (Wildman–Crippen LogP) is 7.13. The lowest BCUT2D eigenvalue weighted by atomic mass is 10.1. The lowest BCUT2D eigenvalue weighted by Crippen LogP contribution is -2.12. The number of hydrogen-bond donors (Lipinski definition) is 0. The van der Waals surface area contributed by atoms with Crippen LogP contribution in [0.2, 0.25) is 0 Å². The van der Waals surface area contributed by atoms with E-state index in [1.54, 1.807) is 50.2 Å². The maximum Gasteiger partial charge on any atom is 0.343 e. The van der Waals surface area contributed by atoms with Crippen LogP contribution in [0.4, 0.5) is 0 Å². The highest BCUT2D eigenvalue weighted by Gasteiger charge is 2.10. The highest BCUT2D eigenvalue weighted by atomic mass is 16.6. The lowest BCUT2D eigenvalue weighted by Gasteiger charge is -2.09. The van der Waals surface area contributed by atoms with Gasteiger partial charge in [-0.25, -0.2) is 14.4 Å². The fraction of sp³-hybridized carbons (Fsp3) is 0.286. The third kappa shape index (κ3) is 11.5. The van der Waals surface area contributed by atoms with Gasteiger partial charge in [0.05, 0.1) is 18.8 Å². The predicted molar refractivity (Wildman–Crippen MR) is 164 cm³/mol. The molecule has 3 aromatic rings. The average molecular weight is 587 g/mol. The smallest absolute Gasteiger partial charge is 0.343 e. The quantitative estimate of drug-likeness (QED) is 0.0713. The molecule has 226 valence electrons. The molecule has 0 saturated heterocycles. The molecule has 0 amide bonds. The van der Waals surface area contributed by atoms with E-state index in [2.05, 4.69) is 13.2 Å². The number of hydrogen-bond acceptors (Lipinski definition) is 8. The first-order valence-electron chi connectivity index (χ1n) is 14.2. The summed E-state index contributed by atoms with van der Waals surface area (Å²) in [5.74, 6) is 0.535. The fourth-order valence-corrected chi connectivity index (χ4v) is 3.77. The number of esters is 3. The second kappa shape index (κ2) is 17.2. The minimum atomic E-state index is -0.456. The minimum absolute atomic E-state index is 0.145. The minimum Gasteiger partial charge on any atom is -0.494 e. The van der Waals surface area contributed by atoms with Crippen molar-refractivity contribution in [3.63, 3.8) is 0 Å². The van der Waals surface area contributed by atoms with E-state index >= 15 is 0 Å². The first-order chi connectivity index (χ1) is 20.7. The van der Waals surface area contributed by atoms with Gasteiger partial charge in [0, 0.05) is 11.1 Å². The van der Waals surface area contributed by atoms with Gasteiger partial charge in [0.15, 0.2) is 0 Å². The number of carbonyl (C=O) groups excluding carboxylic acids is 3. The van der Waals surface area contributed by atoms with Crippen molar-refractivity contribution in [2.75, 3.05) is 26.4 Å². The molecule has 0 heterocycles. The fourth-order valence-electron chi connectivity index (χ4n) is 3.77. The summed E-state index contributed by atoms with van der Waals surface area (Å²) in [5, 5.41) is 0. The zero-order chi connectivity index (χ0) is 31.0. The summed E-state index contributed by atoms with van der Waals surface area (Å²) in [6, 6.07) is 21.6. The number of ether oxygens (including phenoxy) is 5. The first kappa shape index (κ1) is 32.7. The molecule has 0 saturated carbocycles. The van der Waals surface area contributed by atoms with Gasteiger partial charge in [-0.3, -0.25) is 0 Å². The molecular weight excluding hydrogens is 548 g/mol. The number of benzene rings is 3. The molecule has 0 spiro atoms. The Labute approximate surface area is 252 Å². The van der Waals surface area contributed by atoms with Crippen LogP contribution < -0.4 is 14.2 Å². The highest BCUT2D eigenvalue weighted by Crippen LogP contribution is 2.25. The van der Waals surface area contributed by atoms with Crippen LogP contribution >= 0.6 is 0 Å². The van der Waals surface area contributed by atoms with Gasteiger partial charge < -0.3 is 23.7 Å². The molecule has 0 fully saturated rings. The van der Waals surface area contributed by atoms with E-state index in [0.717, 1.165) is 36.8 Å². The normalized spacial score (nSPS) is 10.4. The molecule has 3 rings (SSSR count). The molecule has 8 nitrogen and oxygen atoms in total. The van der Waals surface area contributed by atoms with E-state index in [0.29, 0.717) is 47.2 Å². The van der Waals surface area contributed by atoms with Crippen molar-refractivity contribution in [1.29, 1.82) is 0 Å². The van der Waals surface area contributed by atoms with Crippen molar-refractivity contribution in [3.05, 3.63) is 103 Å². The monoisotopic (exact) mass is 586 g/mol. The third-order valence-corrected chi connectivity index (χ3v) is 6.17. The van der Waals surface area contributed by atoms with Crippen molar-refractivity contribution >= 4 is 17.9 Å². The molecule has 8 heteroatoms. The SMILES string of the molecule is C=C(C)C(=O)OCCCCCCOc1ccc(C(=O)Oc2ccc(-c3ccc(OCCOC(=O)C(=C)C)cc3)cc2)cc1. The molecule has 0 aliphatic rings. The van der Waals surface area contributed by atoms with Gasteiger partial charge in [-0.15, -0.1) is 0 Å². The molecule has 0 aliphatic heterocycles. The molecule has 0 aromatic heterocycles. The summed E-state index contributed by atoms with van der Waals surface area (Å²) in [6.07, 6.45) is 3.59. The molecule has 0 aliphatic carbocycles. The average Bonchev–Trinajstić information content (AvgIpc) is 3.01. The first-order valence-corrected chi connectivity index (χ1v) is 14.2. The van der Waals surface area contributed by atoms with Crippen molar-refractivity contribution in [1.82, 2.24) is 0 Å². The number of rotatable bonds is 17. The van der Waals surface area contributed by atoms with Crippen molar-refractivity contribution in [3.8, 4) is 28.4 Å². The van der Waals surface area contributed by atoms with Crippen LogP contribution in [-0.4, -0.2) is 44.3 Å². The van der Waals surface area contributed by atoms with E-state index in [4.69, 9.17) is 23.7 Å². The Morgan fingerprint density at radius 2 is 0.977 bits per heavy atom. The lowest BCUT2D eigenvalue weighted by molar-refractivity contribution is -0.140. The van der Waals surface area contributed by atoms with E-state index in [1.165, 1.54) is 0 Å². The Morgan fingerprint density at radius 3 is 1.51 bits per heavy atom. The molecule has 0 bridgehead atoms. The largest absolute Gasteiger partial charge is 0.494 e. The molecule has 0 radical (unpaired) electrons. The van der Waals surface area contributed by atoms with Gasteiger partial charge in [-0.2, -0.15) is 0 Å². The molecule has 43 heavy (non-hydrogen) atoms. The summed E-state index contributed by atoms with van der Waals surface area (Å²) >= 11 is 0. The zero-order valence-corrected chi connectivity index (χ0v) is 24.8. The van der Waals surface area contributed by atoms with Gasteiger partial charge in [0.2, 0.25) is 0 Å². The summed E-state index contributed by atoms with van der Waals surface area (Å²) in [4.78, 5) is 35.3. The number of carbonyl (C=O) groups is 3. The Kier molecular flexibility index (Phi) is 13.1. The van der Waals surface area contributed by atoms with Crippen LogP contribution in [0.15, 0.2) is 97.1 Å². The molecule has 0 atom stereocenters. The topological polar surface area (TPSA) is 97.4 Å². The summed E-state index contributed by atoms with van der Waals surface area (Å²) in [6.45, 7) is 11.7. The van der Waals surface area contributed by atoms with Gasteiger partial charge in [-0.05, 0) is 99.2 Å². The van der Waals surface area contributed by atoms with Crippen molar-refractivity contribution in [2.24, 2.45) is 0 Å². The van der Waals surface area contributed by atoms with Gasteiger partial charge in [0.1, 0.15) is 30.5 Å². The molecule has 3 aromatic carbocycles. The van der Waals surface area contributed by atoms with E-state index in [1.807, 2.05) is 36.4 Å². The van der Waals surface area contributed by atoms with Crippen LogP contribution in [0.1, 0.15) is 49.9 Å². The van der Waals surface area contributed by atoms with Crippen LogP contribution in [0.25, 0.3) is 11.1 Å². The van der Waals surface area contributed by atoms with Crippen molar-refractivity contribution < 1.29 is 38.1 Å². The van der Waals surface area contributed by atoms with Crippen LogP contribution in [-0.2, 0) is 19.1 Å². The standard InChI is InChI=1S/C35H38O8/c1-25(2)33(36)41-22-8-6-5-7-21-39-30-17-13-29(14-18-30)35(38)43-32-19-11-28(12-20-32)27-9-15-31(16-10-27)40-23-24-42-34(37)26(3)4/h9-20H,1,3,5-8,21-24H2,2,4H3. The Bertz CT molecular complexity index is 1370. The van der Waals surface area contributed by atoms with E-state index in [-0.39, 0.29) is 19.2 Å². The Morgan fingerprint density at radius 1 is 0.535 bits per heavy atom. The van der Waals surface area contributed by atoms with Gasteiger partial charge in [0.25, 0.3) is 0 Å². The maximum absolute atomic E-state index is 12.6. The van der Waals surface area contributed by atoms with E-state index in [9.17, 15) is 14.4 Å². The molecule has 0 N–H and O–H groups in total. The van der Waals surface area contributed by atoms with Gasteiger partial charge in [-0.1, -0.05) is 37.4 Å². The van der Waals surface area contributed by atoms with E-state index < -0.39 is 11.9 Å².